The number of H-pyrrole nitrogens is 1. The number of nitrogens with zero attached hydrogens (tertiary/aromatic N) is 1. The third-order valence-electron chi connectivity index (χ3n) is 5.44. The molecule has 1 aliphatic heterocycles. The number of hydrogen-bond donors (Lipinski definition) is 1. The van der Waals surface area contributed by atoms with E-state index in [1.807, 2.05) is 23.1 Å². The molecule has 2 heterocycles. The minimum Gasteiger partial charge on any atom is -0.358 e. The van der Waals surface area contributed by atoms with Gasteiger partial charge < -0.3 is 9.88 Å². The maximum absolute atomic E-state index is 13.0. The Morgan fingerprint density at radius 3 is 2.61 bits per heavy atom. The second kappa shape index (κ2) is 6.84. The number of rotatable bonds is 2. The highest BCUT2D eigenvalue weighted by Crippen LogP contribution is 2.32. The summed E-state index contributed by atoms with van der Waals surface area (Å²) < 4.78 is 0. The van der Waals surface area contributed by atoms with Gasteiger partial charge in [-0.2, -0.15) is 0 Å². The van der Waals surface area contributed by atoms with Crippen LogP contribution in [-0.2, 0) is 13.0 Å². The lowest BCUT2D eigenvalue weighted by Crippen LogP contribution is -2.35. The fourth-order valence-corrected chi connectivity index (χ4v) is 4.19. The standard InChI is InChI=1S/C24H19ClN2O/c25-19-8-4-7-18(13-19)24(28)27-12-11-23-21(15-27)20-14-17(9-10-22(20)26-23)16-5-2-1-3-6-16/h1-10,13-14,26H,11-12,15H2. The zero-order valence-corrected chi connectivity index (χ0v) is 16.0. The Bertz CT molecular complexity index is 1180. The van der Waals surface area contributed by atoms with Crippen molar-refractivity contribution in [1.29, 1.82) is 0 Å². The van der Waals surface area contributed by atoms with E-state index in [2.05, 4.69) is 47.4 Å². The van der Waals surface area contributed by atoms with Crippen LogP contribution in [0.3, 0.4) is 0 Å². The van der Waals surface area contributed by atoms with E-state index >= 15 is 0 Å². The fraction of sp³-hybridized carbons (Fsp3) is 0.125. The Hall–Kier alpha value is -3.04. The van der Waals surface area contributed by atoms with Gasteiger partial charge in [-0.05, 0) is 41.5 Å². The molecule has 0 atom stereocenters. The topological polar surface area (TPSA) is 36.1 Å². The molecular formula is C24H19ClN2O. The molecule has 0 spiro atoms. The number of carbonyl (C=O) groups excluding carboxylic acids is 1. The molecule has 1 amide bonds. The highest BCUT2D eigenvalue weighted by atomic mass is 35.5. The largest absolute Gasteiger partial charge is 0.358 e. The Morgan fingerprint density at radius 2 is 1.79 bits per heavy atom. The van der Waals surface area contributed by atoms with Crippen molar-refractivity contribution in [3.63, 3.8) is 0 Å². The Balaban J connectivity index is 1.51. The molecule has 138 valence electrons. The van der Waals surface area contributed by atoms with Gasteiger partial charge in [-0.3, -0.25) is 4.79 Å². The first-order chi connectivity index (χ1) is 13.7. The molecule has 28 heavy (non-hydrogen) atoms. The number of nitrogens with one attached hydrogen (secondary N) is 1. The maximum atomic E-state index is 13.0. The summed E-state index contributed by atoms with van der Waals surface area (Å²) in [6.45, 7) is 1.32. The lowest BCUT2D eigenvalue weighted by molar-refractivity contribution is 0.0735. The molecule has 3 aromatic carbocycles. The van der Waals surface area contributed by atoms with Crippen molar-refractivity contribution in [2.75, 3.05) is 6.54 Å². The van der Waals surface area contributed by atoms with Crippen LogP contribution in [0.4, 0.5) is 0 Å². The third-order valence-corrected chi connectivity index (χ3v) is 5.68. The summed E-state index contributed by atoms with van der Waals surface area (Å²) in [7, 11) is 0. The van der Waals surface area contributed by atoms with Crippen molar-refractivity contribution in [2.24, 2.45) is 0 Å². The number of halogens is 1. The smallest absolute Gasteiger partial charge is 0.254 e. The minimum absolute atomic E-state index is 0.0294. The summed E-state index contributed by atoms with van der Waals surface area (Å²) >= 11 is 6.07. The maximum Gasteiger partial charge on any atom is 0.254 e. The number of carbonyl (C=O) groups is 1. The first-order valence-electron chi connectivity index (χ1n) is 9.43. The quantitative estimate of drug-likeness (QED) is 0.472. The van der Waals surface area contributed by atoms with Gasteiger partial charge in [0.05, 0.1) is 0 Å². The summed E-state index contributed by atoms with van der Waals surface area (Å²) in [5.74, 6) is 0.0294. The van der Waals surface area contributed by atoms with E-state index in [9.17, 15) is 4.79 Å². The van der Waals surface area contributed by atoms with Crippen molar-refractivity contribution in [3.05, 3.63) is 94.6 Å². The molecule has 0 fully saturated rings. The number of hydrogen-bond acceptors (Lipinski definition) is 1. The first kappa shape index (κ1) is 17.1. The number of aromatic amines is 1. The van der Waals surface area contributed by atoms with E-state index in [1.165, 1.54) is 27.8 Å². The summed E-state index contributed by atoms with van der Waals surface area (Å²) in [6, 6.07) is 24.1. The molecule has 1 aliphatic rings. The normalized spacial score (nSPS) is 13.5. The van der Waals surface area contributed by atoms with Gasteiger partial charge in [0, 0.05) is 52.3 Å². The molecule has 4 aromatic rings. The van der Waals surface area contributed by atoms with Crippen LogP contribution in [0.15, 0.2) is 72.8 Å². The first-order valence-corrected chi connectivity index (χ1v) is 9.80. The molecule has 3 nitrogen and oxygen atoms in total. The van der Waals surface area contributed by atoms with Crippen LogP contribution in [-0.4, -0.2) is 22.3 Å². The molecule has 0 saturated heterocycles. The van der Waals surface area contributed by atoms with Crippen molar-refractivity contribution < 1.29 is 4.79 Å². The average Bonchev–Trinajstić information content (AvgIpc) is 3.11. The average molecular weight is 387 g/mol. The monoisotopic (exact) mass is 386 g/mol. The van der Waals surface area contributed by atoms with E-state index in [4.69, 9.17) is 11.6 Å². The zero-order chi connectivity index (χ0) is 19.1. The molecule has 0 aliphatic carbocycles. The lowest BCUT2D eigenvalue weighted by Gasteiger charge is -2.27. The number of amides is 1. The molecule has 5 rings (SSSR count). The van der Waals surface area contributed by atoms with Crippen molar-refractivity contribution in [3.8, 4) is 11.1 Å². The Kier molecular flexibility index (Phi) is 4.18. The molecule has 0 radical (unpaired) electrons. The van der Waals surface area contributed by atoms with Gasteiger partial charge in [-0.25, -0.2) is 0 Å². The van der Waals surface area contributed by atoms with E-state index in [0.29, 0.717) is 23.7 Å². The Morgan fingerprint density at radius 1 is 0.929 bits per heavy atom. The third kappa shape index (κ3) is 2.98. The van der Waals surface area contributed by atoms with Crippen LogP contribution in [0.1, 0.15) is 21.6 Å². The van der Waals surface area contributed by atoms with Crippen LogP contribution >= 0.6 is 11.6 Å². The van der Waals surface area contributed by atoms with E-state index in [0.717, 1.165) is 11.9 Å². The summed E-state index contributed by atoms with van der Waals surface area (Å²) in [5, 5.41) is 1.78. The predicted molar refractivity (Wildman–Crippen MR) is 114 cm³/mol. The van der Waals surface area contributed by atoms with Gasteiger partial charge >= 0.3 is 0 Å². The van der Waals surface area contributed by atoms with Crippen molar-refractivity contribution in [1.82, 2.24) is 9.88 Å². The van der Waals surface area contributed by atoms with Gasteiger partial charge in [0.2, 0.25) is 0 Å². The van der Waals surface area contributed by atoms with Gasteiger partial charge in [-0.1, -0.05) is 54.1 Å². The highest BCUT2D eigenvalue weighted by Gasteiger charge is 2.25. The van der Waals surface area contributed by atoms with Crippen LogP contribution < -0.4 is 0 Å². The molecule has 0 unspecified atom stereocenters. The number of fused-ring (bicyclic) bond motifs is 3. The van der Waals surface area contributed by atoms with Crippen LogP contribution in [0, 0.1) is 0 Å². The lowest BCUT2D eigenvalue weighted by atomic mass is 9.99. The van der Waals surface area contributed by atoms with Gasteiger partial charge in [0.15, 0.2) is 0 Å². The van der Waals surface area contributed by atoms with E-state index in [-0.39, 0.29) is 5.91 Å². The van der Waals surface area contributed by atoms with Gasteiger partial charge in [0.25, 0.3) is 5.91 Å². The predicted octanol–water partition coefficient (Wildman–Crippen LogP) is 5.69. The molecule has 0 bridgehead atoms. The Labute approximate surface area is 168 Å². The molecule has 0 saturated carbocycles. The van der Waals surface area contributed by atoms with Gasteiger partial charge in [0.1, 0.15) is 0 Å². The molecular weight excluding hydrogens is 368 g/mol. The van der Waals surface area contributed by atoms with Crippen molar-refractivity contribution >= 4 is 28.4 Å². The zero-order valence-electron chi connectivity index (χ0n) is 15.3. The number of aromatic nitrogens is 1. The minimum atomic E-state index is 0.0294. The van der Waals surface area contributed by atoms with E-state index in [1.54, 1.807) is 12.1 Å². The summed E-state index contributed by atoms with van der Waals surface area (Å²) in [4.78, 5) is 18.4. The fourth-order valence-electron chi connectivity index (χ4n) is 4.00. The SMILES string of the molecule is O=C(c1cccc(Cl)c1)N1CCc2[nH]c3ccc(-c4ccccc4)cc3c2C1. The van der Waals surface area contributed by atoms with Crippen LogP contribution in [0.5, 0.6) is 0 Å². The van der Waals surface area contributed by atoms with Crippen LogP contribution in [0.25, 0.3) is 22.0 Å². The summed E-state index contributed by atoms with van der Waals surface area (Å²) in [5.41, 5.74) is 6.60. The van der Waals surface area contributed by atoms with Gasteiger partial charge in [-0.15, -0.1) is 0 Å². The van der Waals surface area contributed by atoms with Crippen LogP contribution in [0.2, 0.25) is 5.02 Å². The molecule has 1 N–H and O–H groups in total. The second-order valence-corrected chi connectivity index (χ2v) is 7.63. The van der Waals surface area contributed by atoms with E-state index < -0.39 is 0 Å². The highest BCUT2D eigenvalue weighted by molar-refractivity contribution is 6.30. The molecule has 1 aromatic heterocycles. The molecule has 4 heteroatoms. The number of benzene rings is 3. The second-order valence-electron chi connectivity index (χ2n) is 7.20. The van der Waals surface area contributed by atoms with Crippen molar-refractivity contribution in [2.45, 2.75) is 13.0 Å². The summed E-state index contributed by atoms with van der Waals surface area (Å²) in [6.07, 6.45) is 0.830.